The average molecular weight is 474 g/mol. The van der Waals surface area contributed by atoms with Crippen molar-refractivity contribution in [2.75, 3.05) is 5.32 Å². The van der Waals surface area contributed by atoms with Crippen LogP contribution in [0.15, 0.2) is 140 Å². The molecule has 4 heteroatoms. The highest BCUT2D eigenvalue weighted by molar-refractivity contribution is 7.95. The quantitative estimate of drug-likeness (QED) is 0.302. The molecule has 0 fully saturated rings. The molecule has 35 heavy (non-hydrogen) atoms. The summed E-state index contributed by atoms with van der Waals surface area (Å²) >= 11 is 0. The largest absolute Gasteiger partial charge is 0.322 e. The van der Waals surface area contributed by atoms with Gasteiger partial charge in [-0.15, -0.1) is 0 Å². The number of anilines is 1. The number of nitrogens with one attached hydrogen (secondary N) is 1. The zero-order valence-electron chi connectivity index (χ0n) is 19.3. The van der Waals surface area contributed by atoms with Gasteiger partial charge in [0, 0.05) is 23.6 Å². The molecule has 1 N–H and O–H groups in total. The topological polar surface area (TPSA) is 42.0 Å². The van der Waals surface area contributed by atoms with E-state index in [-0.39, 0.29) is 5.91 Å². The van der Waals surface area contributed by atoms with Crippen LogP contribution in [0.3, 0.4) is 0 Å². The molecule has 0 radical (unpaired) electrons. The van der Waals surface area contributed by atoms with Crippen LogP contribution in [-0.2, 0) is 6.16 Å². The van der Waals surface area contributed by atoms with E-state index in [1.165, 1.54) is 15.9 Å². The summed E-state index contributed by atoms with van der Waals surface area (Å²) in [6, 6.07) is 44.0. The van der Waals surface area contributed by atoms with E-state index in [4.69, 9.17) is 0 Å². The maximum atomic E-state index is 13.0. The predicted octanol–water partition coefficient (Wildman–Crippen LogP) is 5.83. The Labute approximate surface area is 206 Å². The van der Waals surface area contributed by atoms with Crippen molar-refractivity contribution in [2.45, 2.75) is 6.16 Å². The zero-order valence-corrected chi connectivity index (χ0v) is 20.2. The van der Waals surface area contributed by atoms with Crippen LogP contribution in [0.4, 0.5) is 5.69 Å². The maximum Gasteiger partial charge on any atom is 0.257 e. The number of carbonyl (C=O) groups excluding carboxylic acids is 1. The molecule has 0 aliphatic carbocycles. The lowest BCUT2D eigenvalue weighted by Gasteiger charge is -2.28. The van der Waals surface area contributed by atoms with E-state index in [2.05, 4.69) is 107 Å². The Morgan fingerprint density at radius 1 is 0.629 bits per heavy atom. The Balaban J connectivity index is 1.65. The van der Waals surface area contributed by atoms with E-state index in [0.29, 0.717) is 5.56 Å². The summed E-state index contributed by atoms with van der Waals surface area (Å²) in [5.41, 5.74) is 2.47. The zero-order chi connectivity index (χ0) is 23.9. The summed E-state index contributed by atoms with van der Waals surface area (Å²) in [6.45, 7) is 0. The van der Waals surface area contributed by atoms with Gasteiger partial charge in [-0.05, 0) is 54.6 Å². The number of pyridine rings is 1. The number of carbonyl (C=O) groups is 1. The van der Waals surface area contributed by atoms with E-state index in [1.807, 2.05) is 18.2 Å². The molecule has 5 rings (SSSR count). The van der Waals surface area contributed by atoms with Gasteiger partial charge in [-0.3, -0.25) is 9.78 Å². The molecule has 0 bridgehead atoms. The van der Waals surface area contributed by atoms with Gasteiger partial charge >= 0.3 is 0 Å². The molecule has 1 aromatic heterocycles. The van der Waals surface area contributed by atoms with E-state index < -0.39 is 7.26 Å². The standard InChI is InChI=1S/C31H25N2OP/c34-31(25-14-12-22-32-23-25)33-30-21-11-10-13-26(30)24-35(27-15-4-1-5-16-27,28-17-6-2-7-18-28)29-19-8-3-9-20-29/h1-23H,24H2/p+1. The maximum absolute atomic E-state index is 13.0. The molecule has 0 unspecified atom stereocenters. The first-order valence-corrected chi connectivity index (χ1v) is 13.6. The van der Waals surface area contributed by atoms with Crippen LogP contribution < -0.4 is 21.2 Å². The molecule has 5 aromatic rings. The molecule has 1 amide bonds. The van der Waals surface area contributed by atoms with Gasteiger partial charge in [-0.2, -0.15) is 0 Å². The summed E-state index contributed by atoms with van der Waals surface area (Å²) in [5, 5.41) is 7.08. The van der Waals surface area contributed by atoms with Crippen LogP contribution in [-0.4, -0.2) is 10.9 Å². The molecule has 0 saturated carbocycles. The fraction of sp³-hybridized carbons (Fsp3) is 0.0323. The van der Waals surface area contributed by atoms with Crippen molar-refractivity contribution >= 4 is 34.8 Å². The third kappa shape index (κ3) is 4.77. The van der Waals surface area contributed by atoms with Crippen LogP contribution in [0.5, 0.6) is 0 Å². The molecule has 170 valence electrons. The minimum atomic E-state index is -2.08. The van der Waals surface area contributed by atoms with Crippen molar-refractivity contribution in [3.05, 3.63) is 151 Å². The van der Waals surface area contributed by atoms with Gasteiger partial charge in [-0.1, -0.05) is 72.8 Å². The van der Waals surface area contributed by atoms with Crippen molar-refractivity contribution in [1.82, 2.24) is 4.98 Å². The monoisotopic (exact) mass is 473 g/mol. The highest BCUT2D eigenvalue weighted by Gasteiger charge is 2.45. The first kappa shape index (κ1) is 22.7. The molecule has 1 heterocycles. The molecular weight excluding hydrogens is 447 g/mol. The van der Waals surface area contributed by atoms with E-state index in [1.54, 1.807) is 24.5 Å². The molecule has 0 aliphatic rings. The van der Waals surface area contributed by atoms with Crippen molar-refractivity contribution < 1.29 is 4.79 Å². The predicted molar refractivity (Wildman–Crippen MR) is 147 cm³/mol. The van der Waals surface area contributed by atoms with Crippen molar-refractivity contribution in [2.24, 2.45) is 0 Å². The Bertz CT molecular complexity index is 1290. The Kier molecular flexibility index (Phi) is 6.79. The van der Waals surface area contributed by atoms with Crippen LogP contribution >= 0.6 is 7.26 Å². The molecule has 3 nitrogen and oxygen atoms in total. The molecule has 4 aromatic carbocycles. The lowest BCUT2D eigenvalue weighted by atomic mass is 10.2. The minimum Gasteiger partial charge on any atom is -0.322 e. The molecule has 0 saturated heterocycles. The summed E-state index contributed by atoms with van der Waals surface area (Å²) in [6.07, 6.45) is 4.05. The highest BCUT2D eigenvalue weighted by Crippen LogP contribution is 2.58. The summed E-state index contributed by atoms with van der Waals surface area (Å²) < 4.78 is 0. The number of aromatic nitrogens is 1. The van der Waals surface area contributed by atoms with E-state index >= 15 is 0 Å². The number of rotatable bonds is 7. The van der Waals surface area contributed by atoms with Crippen LogP contribution in [0, 0.1) is 0 Å². The van der Waals surface area contributed by atoms with Gasteiger partial charge in [0.15, 0.2) is 0 Å². The average Bonchev–Trinajstić information content (AvgIpc) is 2.94. The number of amides is 1. The molecule has 0 aliphatic heterocycles. The molecular formula is C31H26N2OP+. The Hall–Kier alpha value is -4.07. The number of nitrogens with zero attached hydrogens (tertiary/aromatic N) is 1. The van der Waals surface area contributed by atoms with Crippen LogP contribution in [0.1, 0.15) is 15.9 Å². The smallest absolute Gasteiger partial charge is 0.257 e. The Morgan fingerprint density at radius 3 is 1.66 bits per heavy atom. The lowest BCUT2D eigenvalue weighted by Crippen LogP contribution is -2.32. The van der Waals surface area contributed by atoms with Crippen LogP contribution in [0.2, 0.25) is 0 Å². The third-order valence-corrected chi connectivity index (χ3v) is 10.5. The van der Waals surface area contributed by atoms with Crippen LogP contribution in [0.25, 0.3) is 0 Å². The lowest BCUT2D eigenvalue weighted by molar-refractivity contribution is 0.102. The minimum absolute atomic E-state index is 0.159. The number of para-hydroxylation sites is 1. The fourth-order valence-corrected chi connectivity index (χ4v) is 8.77. The van der Waals surface area contributed by atoms with Gasteiger partial charge in [0.1, 0.15) is 29.3 Å². The SMILES string of the molecule is O=C(Nc1ccccc1C[P+](c1ccccc1)(c1ccccc1)c1ccccc1)c1cccnc1. The third-order valence-electron chi connectivity index (χ3n) is 6.19. The second kappa shape index (κ2) is 10.5. The number of benzene rings is 4. The first-order valence-electron chi connectivity index (χ1n) is 11.6. The summed E-state index contributed by atoms with van der Waals surface area (Å²) in [7, 11) is -2.08. The Morgan fingerprint density at radius 2 is 1.14 bits per heavy atom. The van der Waals surface area contributed by atoms with E-state index in [0.717, 1.165) is 17.4 Å². The molecule has 0 atom stereocenters. The van der Waals surface area contributed by atoms with Crippen molar-refractivity contribution in [3.8, 4) is 0 Å². The highest BCUT2D eigenvalue weighted by atomic mass is 31.2. The summed E-state index contributed by atoms with van der Waals surface area (Å²) in [4.78, 5) is 17.1. The molecule has 0 spiro atoms. The van der Waals surface area contributed by atoms with Gasteiger partial charge in [0.05, 0.1) is 5.56 Å². The van der Waals surface area contributed by atoms with Crippen molar-refractivity contribution in [3.63, 3.8) is 0 Å². The van der Waals surface area contributed by atoms with Gasteiger partial charge < -0.3 is 5.32 Å². The number of hydrogen-bond donors (Lipinski definition) is 1. The summed E-state index contributed by atoms with van der Waals surface area (Å²) in [5.74, 6) is -0.159. The second-order valence-electron chi connectivity index (χ2n) is 8.33. The van der Waals surface area contributed by atoms with E-state index in [9.17, 15) is 4.79 Å². The van der Waals surface area contributed by atoms with Gasteiger partial charge in [-0.25, -0.2) is 0 Å². The normalized spacial score (nSPS) is 11.1. The number of hydrogen-bond acceptors (Lipinski definition) is 2. The second-order valence-corrected chi connectivity index (χ2v) is 11.8. The first-order chi connectivity index (χ1) is 17.3. The van der Waals surface area contributed by atoms with Gasteiger partial charge in [0.25, 0.3) is 5.91 Å². The van der Waals surface area contributed by atoms with Crippen molar-refractivity contribution in [1.29, 1.82) is 0 Å². The van der Waals surface area contributed by atoms with Gasteiger partial charge in [0.2, 0.25) is 0 Å². The fourth-order valence-electron chi connectivity index (χ4n) is 4.50.